The molecular weight excluding hydrogens is 551 g/mol. The molecule has 8 N–H and O–H groups in total. The Labute approximate surface area is 234 Å². The van der Waals surface area contributed by atoms with Crippen LogP contribution in [0.4, 0.5) is 11.4 Å². The van der Waals surface area contributed by atoms with Gasteiger partial charge in [0.25, 0.3) is 0 Å². The molecule has 0 aliphatic carbocycles. The van der Waals surface area contributed by atoms with Crippen molar-refractivity contribution in [1.29, 1.82) is 0 Å². The molecule has 0 spiro atoms. The number of benzene rings is 2. The number of anilines is 2. The van der Waals surface area contributed by atoms with Crippen LogP contribution in [0.1, 0.15) is 33.3 Å². The van der Waals surface area contributed by atoms with Gasteiger partial charge in [-0.25, -0.2) is 18.4 Å². The molecule has 0 saturated heterocycles. The van der Waals surface area contributed by atoms with Crippen LogP contribution in [0.15, 0.2) is 72.2 Å². The van der Waals surface area contributed by atoms with E-state index in [1.54, 1.807) is 41.0 Å². The predicted octanol–water partition coefficient (Wildman–Crippen LogP) is 2.04. The number of nitrogens with two attached hydrogens (primary N) is 4. The number of rotatable bonds is 4. The highest BCUT2D eigenvalue weighted by atomic mass is 35.5. The van der Waals surface area contributed by atoms with Crippen molar-refractivity contribution in [2.24, 2.45) is 42.9 Å². The van der Waals surface area contributed by atoms with E-state index in [9.17, 15) is 8.42 Å². The predicted molar refractivity (Wildman–Crippen MR) is 157 cm³/mol. The summed E-state index contributed by atoms with van der Waals surface area (Å²) in [6.45, 7) is 9.14. The van der Waals surface area contributed by atoms with E-state index in [1.807, 2.05) is 27.7 Å². The lowest BCUT2D eigenvalue weighted by Gasteiger charge is -2.39. The zero-order valence-corrected chi connectivity index (χ0v) is 24.0. The summed E-state index contributed by atoms with van der Waals surface area (Å²) < 4.78 is 26.9. The van der Waals surface area contributed by atoms with Crippen molar-refractivity contribution >= 4 is 69.9 Å². The van der Waals surface area contributed by atoms with Crippen LogP contribution in [-0.2, 0) is 9.84 Å². The summed E-state index contributed by atoms with van der Waals surface area (Å²) in [5.74, 6) is 0.522. The molecule has 12 nitrogen and oxygen atoms in total. The standard InChI is InChI=1S/C23H30N10O2S.2ClH/c1-13-12-16(10-11-17(13)33-21(27)29-19(25)31-23(33,4)5)36(34,35)15-8-6-14(7-9-15)32-20(26)28-18(24)30-22(32,2)3;;/h6-12H,1-5H3,(H4,24,26,28,30)(H4,25,27,29,31);2*1H. The molecule has 0 bridgehead atoms. The fraction of sp³-hybridized carbons (Fsp3) is 0.304. The van der Waals surface area contributed by atoms with Gasteiger partial charge in [0.1, 0.15) is 11.3 Å². The lowest BCUT2D eigenvalue weighted by atomic mass is 10.1. The molecule has 38 heavy (non-hydrogen) atoms. The lowest BCUT2D eigenvalue weighted by Crippen LogP contribution is -2.54. The normalized spacial score (nSPS) is 18.2. The summed E-state index contributed by atoms with van der Waals surface area (Å²) in [5.41, 5.74) is 24.1. The molecule has 0 amide bonds. The third kappa shape index (κ3) is 5.35. The zero-order valence-electron chi connectivity index (χ0n) is 21.6. The van der Waals surface area contributed by atoms with Crippen LogP contribution in [0.2, 0.25) is 0 Å². The van der Waals surface area contributed by atoms with Crippen LogP contribution < -0.4 is 32.7 Å². The minimum Gasteiger partial charge on any atom is -0.369 e. The molecule has 2 aliphatic heterocycles. The van der Waals surface area contributed by atoms with Crippen LogP contribution in [0.5, 0.6) is 0 Å². The summed E-state index contributed by atoms with van der Waals surface area (Å²) in [5, 5.41) is 0. The van der Waals surface area contributed by atoms with Gasteiger partial charge in [-0.15, -0.1) is 24.8 Å². The van der Waals surface area contributed by atoms with Crippen molar-refractivity contribution < 1.29 is 8.42 Å². The highest BCUT2D eigenvalue weighted by molar-refractivity contribution is 7.91. The molecule has 0 unspecified atom stereocenters. The number of hydrogen-bond acceptors (Lipinski definition) is 12. The number of halogens is 2. The zero-order chi connectivity index (χ0) is 26.6. The van der Waals surface area contributed by atoms with Crippen molar-refractivity contribution in [1.82, 2.24) is 0 Å². The topological polar surface area (TPSA) is 194 Å². The van der Waals surface area contributed by atoms with E-state index < -0.39 is 21.2 Å². The molecule has 2 heterocycles. The van der Waals surface area contributed by atoms with Gasteiger partial charge >= 0.3 is 0 Å². The fourth-order valence-corrected chi connectivity index (χ4v) is 5.77. The van der Waals surface area contributed by atoms with Gasteiger partial charge in [-0.05, 0) is 82.6 Å². The first-order valence-corrected chi connectivity index (χ1v) is 12.6. The van der Waals surface area contributed by atoms with Crippen molar-refractivity contribution in [3.05, 3.63) is 48.0 Å². The average molecular weight is 584 g/mol. The van der Waals surface area contributed by atoms with Gasteiger partial charge in [0.2, 0.25) is 33.7 Å². The Kier molecular flexibility index (Phi) is 8.32. The molecule has 2 aliphatic rings. The van der Waals surface area contributed by atoms with E-state index in [4.69, 9.17) is 22.9 Å². The summed E-state index contributed by atoms with van der Waals surface area (Å²) in [7, 11) is -3.81. The van der Waals surface area contributed by atoms with Gasteiger partial charge in [0, 0.05) is 11.4 Å². The molecule has 0 saturated carbocycles. The molecular formula is C23H32Cl2N10O2S. The maximum Gasteiger partial charge on any atom is 0.220 e. The van der Waals surface area contributed by atoms with E-state index in [1.165, 1.54) is 18.2 Å². The Morgan fingerprint density at radius 3 is 1.61 bits per heavy atom. The number of nitrogens with zero attached hydrogens (tertiary/aromatic N) is 6. The van der Waals surface area contributed by atoms with Gasteiger partial charge in [-0.3, -0.25) is 9.80 Å². The monoisotopic (exact) mass is 582 g/mol. The third-order valence-electron chi connectivity index (χ3n) is 5.91. The summed E-state index contributed by atoms with van der Waals surface area (Å²) in [4.78, 5) is 20.4. The molecule has 4 rings (SSSR count). The van der Waals surface area contributed by atoms with Crippen LogP contribution in [-0.4, -0.2) is 43.6 Å². The van der Waals surface area contributed by atoms with E-state index in [0.717, 1.165) is 0 Å². The first-order valence-electron chi connectivity index (χ1n) is 11.1. The maximum atomic E-state index is 13.4. The van der Waals surface area contributed by atoms with Crippen molar-refractivity contribution in [3.63, 3.8) is 0 Å². The molecule has 0 radical (unpaired) electrons. The SMILES string of the molecule is Cc1cc(S(=O)(=O)c2ccc(N3C(N)=NC(N)=NC3(C)C)cc2)ccc1N1C(N)=NC(N)=NC1(C)C.Cl.Cl. The van der Waals surface area contributed by atoms with Crippen LogP contribution >= 0.6 is 24.8 Å². The fourth-order valence-electron chi connectivity index (χ4n) is 4.43. The summed E-state index contributed by atoms with van der Waals surface area (Å²) in [6, 6.07) is 11.2. The number of hydrogen-bond donors (Lipinski definition) is 4. The van der Waals surface area contributed by atoms with Gasteiger partial charge in [-0.2, -0.15) is 9.98 Å². The minimum absolute atomic E-state index is 0. The Balaban J connectivity index is 0.00000253. The minimum atomic E-state index is -3.81. The van der Waals surface area contributed by atoms with E-state index >= 15 is 0 Å². The molecule has 206 valence electrons. The van der Waals surface area contributed by atoms with E-state index in [2.05, 4.69) is 20.0 Å². The number of aryl methyl sites for hydroxylation is 1. The van der Waals surface area contributed by atoms with Crippen LogP contribution in [0.3, 0.4) is 0 Å². The van der Waals surface area contributed by atoms with Crippen LogP contribution in [0, 0.1) is 6.92 Å². The molecule has 0 atom stereocenters. The smallest absolute Gasteiger partial charge is 0.220 e. The Bertz CT molecular complexity index is 1470. The van der Waals surface area contributed by atoms with E-state index in [0.29, 0.717) is 16.9 Å². The second-order valence-corrected chi connectivity index (χ2v) is 11.4. The molecule has 2 aromatic rings. The van der Waals surface area contributed by atoms with Gasteiger partial charge in [0.05, 0.1) is 9.79 Å². The third-order valence-corrected chi connectivity index (χ3v) is 7.68. The first kappa shape index (κ1) is 30.7. The number of guanidine groups is 4. The Hall–Kier alpha value is -3.55. The highest BCUT2D eigenvalue weighted by Crippen LogP contribution is 2.34. The Morgan fingerprint density at radius 2 is 1.16 bits per heavy atom. The number of sulfone groups is 1. The van der Waals surface area contributed by atoms with Gasteiger partial charge in [0.15, 0.2) is 0 Å². The quantitative estimate of drug-likeness (QED) is 0.420. The van der Waals surface area contributed by atoms with Crippen molar-refractivity contribution in [2.45, 2.75) is 55.7 Å². The second kappa shape index (κ2) is 10.3. The highest BCUT2D eigenvalue weighted by Gasteiger charge is 2.35. The van der Waals surface area contributed by atoms with E-state index in [-0.39, 0.29) is 58.4 Å². The first-order chi connectivity index (χ1) is 16.6. The molecule has 0 fully saturated rings. The second-order valence-electron chi connectivity index (χ2n) is 9.49. The molecule has 2 aromatic carbocycles. The molecule has 15 heteroatoms. The summed E-state index contributed by atoms with van der Waals surface area (Å²) >= 11 is 0. The lowest BCUT2D eigenvalue weighted by molar-refractivity contribution is 0.533. The number of aliphatic imine (C=N–C) groups is 4. The van der Waals surface area contributed by atoms with Gasteiger partial charge < -0.3 is 22.9 Å². The van der Waals surface area contributed by atoms with Crippen LogP contribution in [0.25, 0.3) is 0 Å². The maximum absolute atomic E-state index is 13.4. The molecule has 0 aromatic heterocycles. The Morgan fingerprint density at radius 1 is 0.711 bits per heavy atom. The van der Waals surface area contributed by atoms with Crippen molar-refractivity contribution in [3.8, 4) is 0 Å². The summed E-state index contributed by atoms with van der Waals surface area (Å²) in [6.07, 6.45) is 0. The largest absolute Gasteiger partial charge is 0.369 e. The average Bonchev–Trinajstić information content (AvgIpc) is 2.72. The van der Waals surface area contributed by atoms with Gasteiger partial charge in [-0.1, -0.05) is 0 Å². The van der Waals surface area contributed by atoms with Crippen molar-refractivity contribution in [2.75, 3.05) is 9.80 Å².